The van der Waals surface area contributed by atoms with Crippen molar-refractivity contribution in [3.8, 4) is 0 Å². The summed E-state index contributed by atoms with van der Waals surface area (Å²) in [5.74, 6) is 0.629. The number of carbonyl (C=O) groups excluding carboxylic acids is 1. The molecule has 2 aromatic rings. The van der Waals surface area contributed by atoms with Crippen molar-refractivity contribution in [2.45, 2.75) is 33.2 Å². The van der Waals surface area contributed by atoms with Gasteiger partial charge in [-0.3, -0.25) is 14.5 Å². The lowest BCUT2D eigenvalue weighted by atomic mass is 10.2. The number of anilines is 1. The fourth-order valence-corrected chi connectivity index (χ4v) is 2.34. The standard InChI is InChI=1S/C14H17ClN4OS/c1-3-4-12-17-18-14(21)19(12)8-13(20)16-10-6-5-9(2)11(15)7-10/h5-7H,3-4,8H2,1-2H3,(H,16,20)(H,18,21). The molecular weight excluding hydrogens is 308 g/mol. The number of nitrogens with one attached hydrogen (secondary N) is 2. The zero-order valence-electron chi connectivity index (χ0n) is 11.9. The lowest BCUT2D eigenvalue weighted by molar-refractivity contribution is -0.116. The average Bonchev–Trinajstić information content (AvgIpc) is 2.76. The Labute approximate surface area is 133 Å². The highest BCUT2D eigenvalue weighted by atomic mass is 35.5. The second kappa shape index (κ2) is 6.87. The van der Waals surface area contributed by atoms with Crippen LogP contribution in [0.4, 0.5) is 5.69 Å². The summed E-state index contributed by atoms with van der Waals surface area (Å²) in [4.78, 5) is 12.1. The topological polar surface area (TPSA) is 62.7 Å². The number of aromatic amines is 1. The molecule has 0 aliphatic heterocycles. The first-order chi connectivity index (χ1) is 10.0. The fourth-order valence-electron chi connectivity index (χ4n) is 1.94. The highest BCUT2D eigenvalue weighted by Gasteiger charge is 2.10. The van der Waals surface area contributed by atoms with Crippen LogP contribution >= 0.6 is 23.8 Å². The summed E-state index contributed by atoms with van der Waals surface area (Å²) in [7, 11) is 0. The monoisotopic (exact) mass is 324 g/mol. The van der Waals surface area contributed by atoms with E-state index in [1.807, 2.05) is 19.1 Å². The molecule has 0 spiro atoms. The number of aryl methyl sites for hydroxylation is 2. The van der Waals surface area contributed by atoms with Crippen LogP contribution in [0.3, 0.4) is 0 Å². The third-order valence-electron chi connectivity index (χ3n) is 3.07. The number of amides is 1. The zero-order chi connectivity index (χ0) is 15.4. The summed E-state index contributed by atoms with van der Waals surface area (Å²) in [5.41, 5.74) is 1.64. The Morgan fingerprint density at radius 3 is 2.95 bits per heavy atom. The maximum Gasteiger partial charge on any atom is 0.244 e. The van der Waals surface area contributed by atoms with Crippen LogP contribution in [0.25, 0.3) is 0 Å². The lowest BCUT2D eigenvalue weighted by Crippen LogP contribution is -2.20. The molecule has 0 fully saturated rings. The van der Waals surface area contributed by atoms with Crippen LogP contribution in [0.2, 0.25) is 5.02 Å². The Morgan fingerprint density at radius 1 is 1.52 bits per heavy atom. The lowest BCUT2D eigenvalue weighted by Gasteiger charge is -2.09. The van der Waals surface area contributed by atoms with Crippen molar-refractivity contribution < 1.29 is 4.79 Å². The Bertz CT molecular complexity index is 707. The highest BCUT2D eigenvalue weighted by Crippen LogP contribution is 2.20. The van der Waals surface area contributed by atoms with E-state index in [0.29, 0.717) is 15.5 Å². The van der Waals surface area contributed by atoms with E-state index in [-0.39, 0.29) is 12.5 Å². The van der Waals surface area contributed by atoms with Gasteiger partial charge in [0.05, 0.1) is 0 Å². The van der Waals surface area contributed by atoms with E-state index in [9.17, 15) is 4.79 Å². The van der Waals surface area contributed by atoms with Crippen molar-refractivity contribution in [2.24, 2.45) is 0 Å². The molecule has 0 radical (unpaired) electrons. The number of hydrogen-bond donors (Lipinski definition) is 2. The van der Waals surface area contributed by atoms with Crippen molar-refractivity contribution in [3.05, 3.63) is 39.4 Å². The number of aromatic nitrogens is 3. The van der Waals surface area contributed by atoms with Gasteiger partial charge in [0.25, 0.3) is 0 Å². The highest BCUT2D eigenvalue weighted by molar-refractivity contribution is 7.71. The van der Waals surface area contributed by atoms with Crippen molar-refractivity contribution in [2.75, 3.05) is 5.32 Å². The van der Waals surface area contributed by atoms with Gasteiger partial charge in [0, 0.05) is 17.1 Å². The number of nitrogens with zero attached hydrogens (tertiary/aromatic N) is 2. The van der Waals surface area contributed by atoms with Crippen molar-refractivity contribution in [3.63, 3.8) is 0 Å². The van der Waals surface area contributed by atoms with Gasteiger partial charge < -0.3 is 5.32 Å². The number of carbonyl (C=O) groups is 1. The molecule has 7 heteroatoms. The number of rotatable bonds is 5. The van der Waals surface area contributed by atoms with E-state index >= 15 is 0 Å². The van der Waals surface area contributed by atoms with Gasteiger partial charge in [-0.05, 0) is 43.3 Å². The SMILES string of the molecule is CCCc1n[nH]c(=S)n1CC(=O)Nc1ccc(C)c(Cl)c1. The van der Waals surface area contributed by atoms with Gasteiger partial charge in [-0.1, -0.05) is 24.6 Å². The molecule has 0 aliphatic rings. The molecule has 0 atom stereocenters. The Morgan fingerprint density at radius 2 is 2.29 bits per heavy atom. The van der Waals surface area contributed by atoms with Crippen LogP contribution in [-0.2, 0) is 17.8 Å². The smallest absolute Gasteiger partial charge is 0.244 e. The van der Waals surface area contributed by atoms with Crippen LogP contribution in [0.5, 0.6) is 0 Å². The summed E-state index contributed by atoms with van der Waals surface area (Å²) in [6.45, 7) is 4.10. The molecular formula is C14H17ClN4OS. The largest absolute Gasteiger partial charge is 0.324 e. The maximum absolute atomic E-state index is 12.1. The molecule has 0 bridgehead atoms. The second-order valence-corrected chi connectivity index (χ2v) is 5.59. The molecule has 0 saturated carbocycles. The minimum Gasteiger partial charge on any atom is -0.324 e. The first-order valence-corrected chi connectivity index (χ1v) is 7.50. The molecule has 0 saturated heterocycles. The van der Waals surface area contributed by atoms with Gasteiger partial charge in [0.15, 0.2) is 4.77 Å². The second-order valence-electron chi connectivity index (χ2n) is 4.79. The summed E-state index contributed by atoms with van der Waals surface area (Å²) in [6.07, 6.45) is 1.71. The molecule has 1 aromatic carbocycles. The molecule has 21 heavy (non-hydrogen) atoms. The molecule has 2 N–H and O–H groups in total. The van der Waals surface area contributed by atoms with Crippen LogP contribution in [0, 0.1) is 11.7 Å². The van der Waals surface area contributed by atoms with E-state index in [1.165, 1.54) is 0 Å². The predicted molar refractivity (Wildman–Crippen MR) is 86.2 cm³/mol. The van der Waals surface area contributed by atoms with E-state index < -0.39 is 0 Å². The predicted octanol–water partition coefficient (Wildman–Crippen LogP) is 3.49. The molecule has 1 heterocycles. The van der Waals surface area contributed by atoms with E-state index in [0.717, 1.165) is 24.2 Å². The summed E-state index contributed by atoms with van der Waals surface area (Å²) >= 11 is 11.2. The molecule has 112 valence electrons. The van der Waals surface area contributed by atoms with E-state index in [4.69, 9.17) is 23.8 Å². The van der Waals surface area contributed by atoms with Gasteiger partial charge in [-0.15, -0.1) is 0 Å². The minimum atomic E-state index is -0.162. The molecule has 1 aromatic heterocycles. The van der Waals surface area contributed by atoms with Crippen molar-refractivity contribution in [1.29, 1.82) is 0 Å². The molecule has 2 rings (SSSR count). The number of benzene rings is 1. The van der Waals surface area contributed by atoms with Crippen LogP contribution in [0.1, 0.15) is 24.7 Å². The Balaban J connectivity index is 2.09. The zero-order valence-corrected chi connectivity index (χ0v) is 13.5. The van der Waals surface area contributed by atoms with E-state index in [1.54, 1.807) is 10.6 Å². The Hall–Kier alpha value is -1.66. The van der Waals surface area contributed by atoms with Crippen LogP contribution < -0.4 is 5.32 Å². The van der Waals surface area contributed by atoms with Gasteiger partial charge in [-0.2, -0.15) is 5.10 Å². The van der Waals surface area contributed by atoms with E-state index in [2.05, 4.69) is 22.4 Å². The number of H-pyrrole nitrogens is 1. The van der Waals surface area contributed by atoms with Gasteiger partial charge in [0.2, 0.25) is 5.91 Å². The van der Waals surface area contributed by atoms with Gasteiger partial charge in [0.1, 0.15) is 12.4 Å². The summed E-state index contributed by atoms with van der Waals surface area (Å²) in [5, 5.41) is 10.3. The summed E-state index contributed by atoms with van der Waals surface area (Å²) in [6, 6.07) is 5.42. The third-order valence-corrected chi connectivity index (χ3v) is 3.79. The fraction of sp³-hybridized carbons (Fsp3) is 0.357. The van der Waals surface area contributed by atoms with Crippen LogP contribution in [-0.4, -0.2) is 20.7 Å². The molecule has 0 aliphatic carbocycles. The van der Waals surface area contributed by atoms with Gasteiger partial charge in [-0.25, -0.2) is 0 Å². The first-order valence-electron chi connectivity index (χ1n) is 6.71. The molecule has 5 nitrogen and oxygen atoms in total. The maximum atomic E-state index is 12.1. The first kappa shape index (κ1) is 15.7. The van der Waals surface area contributed by atoms with Gasteiger partial charge >= 0.3 is 0 Å². The normalized spacial score (nSPS) is 10.6. The Kier molecular flexibility index (Phi) is 5.14. The molecule has 0 unspecified atom stereocenters. The van der Waals surface area contributed by atoms with Crippen molar-refractivity contribution >= 4 is 35.4 Å². The third kappa shape index (κ3) is 3.92. The quantitative estimate of drug-likeness (QED) is 0.827. The number of halogens is 1. The summed E-state index contributed by atoms with van der Waals surface area (Å²) < 4.78 is 2.17. The molecule has 1 amide bonds. The average molecular weight is 325 g/mol. The minimum absolute atomic E-state index is 0.135. The number of hydrogen-bond acceptors (Lipinski definition) is 3. The van der Waals surface area contributed by atoms with Crippen LogP contribution in [0.15, 0.2) is 18.2 Å². The van der Waals surface area contributed by atoms with Crippen molar-refractivity contribution in [1.82, 2.24) is 14.8 Å².